The maximum atomic E-state index is 15.0. The molecule has 10 heteroatoms. The van der Waals surface area contributed by atoms with E-state index in [2.05, 4.69) is 116 Å². The van der Waals surface area contributed by atoms with E-state index in [9.17, 15) is 9.59 Å². The van der Waals surface area contributed by atoms with Gasteiger partial charge in [-0.25, -0.2) is 9.59 Å². The fourth-order valence-electron chi connectivity index (χ4n) is 10.8. The SMILES string of the molecule is CC(C)(C)[Si](C)(C)Oc1ccc2ccccc2c1-c1c(OC(=O)Oc2ccc3ccccc3c2-c2c(OC(=O)Oc3ccc4ccccc4c3-c3c(O[Si](C)(C)C(C)(C)C)ccc4ccccc34)ccc3ccccc23)ccc2ccccc12. The van der Waals surface area contributed by atoms with Crippen LogP contribution in [-0.2, 0) is 0 Å². The molecule has 8 nitrogen and oxygen atoms in total. The molecule has 0 atom stereocenters. The molecule has 0 aliphatic heterocycles. The first-order chi connectivity index (χ1) is 40.2. The zero-order chi connectivity index (χ0) is 58.7. The van der Waals surface area contributed by atoms with Crippen molar-refractivity contribution in [1.82, 2.24) is 0 Å². The highest BCUT2D eigenvalue weighted by atomic mass is 28.4. The number of hydrogen-bond acceptors (Lipinski definition) is 8. The number of rotatable bonds is 11. The molecule has 0 aliphatic rings. The Morgan fingerprint density at radius 1 is 0.262 bits per heavy atom. The summed E-state index contributed by atoms with van der Waals surface area (Å²) < 4.78 is 40.4. The third-order valence-corrected chi connectivity index (χ3v) is 25.9. The maximum Gasteiger partial charge on any atom is 0.519 e. The Balaban J connectivity index is 0.964. The van der Waals surface area contributed by atoms with Gasteiger partial charge in [-0.15, -0.1) is 0 Å². The van der Waals surface area contributed by atoms with Gasteiger partial charge in [-0.05, 0) is 137 Å². The molecule has 0 saturated heterocycles. The van der Waals surface area contributed by atoms with Gasteiger partial charge in [-0.3, -0.25) is 0 Å². The topological polar surface area (TPSA) is 89.5 Å². The Kier molecular flexibility index (Phi) is 14.2. The lowest BCUT2D eigenvalue weighted by atomic mass is 9.92. The van der Waals surface area contributed by atoms with Crippen molar-refractivity contribution >= 4 is 93.6 Å². The zero-order valence-corrected chi connectivity index (χ0v) is 51.1. The van der Waals surface area contributed by atoms with Gasteiger partial charge in [-0.1, -0.05) is 224 Å². The van der Waals surface area contributed by atoms with Crippen molar-refractivity contribution in [2.45, 2.75) is 77.8 Å². The Bertz CT molecular complexity index is 4300. The summed E-state index contributed by atoms with van der Waals surface area (Å²) >= 11 is 0. The third kappa shape index (κ3) is 10.3. The third-order valence-electron chi connectivity index (χ3n) is 17.2. The molecule has 0 N–H and O–H groups in total. The summed E-state index contributed by atoms with van der Waals surface area (Å²) in [7, 11) is -4.81. The van der Waals surface area contributed by atoms with Crippen LogP contribution in [0.25, 0.3) is 98.0 Å². The van der Waals surface area contributed by atoms with Gasteiger partial charge in [0.25, 0.3) is 16.6 Å². The number of ether oxygens (including phenoxy) is 4. The van der Waals surface area contributed by atoms with E-state index in [1.54, 1.807) is 12.1 Å². The predicted octanol–water partition coefficient (Wildman–Crippen LogP) is 21.5. The molecule has 12 aromatic carbocycles. The van der Waals surface area contributed by atoms with Crippen molar-refractivity contribution in [1.29, 1.82) is 0 Å². The highest BCUT2D eigenvalue weighted by Crippen LogP contribution is 2.52. The molecule has 12 rings (SSSR count). The number of carbonyl (C=O) groups excluding carboxylic acids is 2. The molecule has 0 aliphatic carbocycles. The molecule has 0 heterocycles. The van der Waals surface area contributed by atoms with Crippen molar-refractivity contribution in [3.05, 3.63) is 218 Å². The molecule has 0 amide bonds. The van der Waals surface area contributed by atoms with E-state index < -0.39 is 28.9 Å². The van der Waals surface area contributed by atoms with Crippen LogP contribution in [0.1, 0.15) is 41.5 Å². The van der Waals surface area contributed by atoms with Crippen LogP contribution in [0.2, 0.25) is 36.3 Å². The molecule has 0 spiro atoms. The summed E-state index contributed by atoms with van der Waals surface area (Å²) in [6.45, 7) is 22.3. The Morgan fingerprint density at radius 3 is 0.643 bits per heavy atom. The van der Waals surface area contributed by atoms with Gasteiger partial charge in [0.15, 0.2) is 0 Å². The first-order valence-corrected chi connectivity index (χ1v) is 34.4. The van der Waals surface area contributed by atoms with Crippen LogP contribution >= 0.6 is 0 Å². The van der Waals surface area contributed by atoms with Crippen molar-refractivity contribution in [3.8, 4) is 67.9 Å². The van der Waals surface area contributed by atoms with Crippen molar-refractivity contribution < 1.29 is 37.4 Å². The summed E-state index contributed by atoms with van der Waals surface area (Å²) in [6, 6.07) is 71.4. The summed E-state index contributed by atoms with van der Waals surface area (Å²) in [6.07, 6.45) is -1.93. The standard InChI is InChI=1S/C74H66O8Si2/c1-73(2,3)83(7,8)81-63-45-39-51-27-15-21-33-57(51)69(63)67-55-31-19-13-25-49(55)37-43-61(67)79-71(75)77-59-41-35-47-23-11-17-29-53(47)65(59)66-54-30-18-12-24-48(54)36-42-60(66)78-72(76)80-62-44-38-50-26-14-20-32-56(50)68(62)70-58-34-22-16-28-52(58)40-46-64(70)82-84(9,10)74(4,5)6/h11-46H,1-10H3. The minimum Gasteiger partial charge on any atom is -0.543 e. The highest BCUT2D eigenvalue weighted by molar-refractivity contribution is 6.75. The number of fused-ring (bicyclic) bond motifs is 6. The van der Waals surface area contributed by atoms with E-state index in [0.717, 1.165) is 75.8 Å². The minimum atomic E-state index is -2.41. The van der Waals surface area contributed by atoms with Gasteiger partial charge >= 0.3 is 12.3 Å². The van der Waals surface area contributed by atoms with Crippen LogP contribution < -0.4 is 27.8 Å². The van der Waals surface area contributed by atoms with Crippen LogP contribution in [0, 0.1) is 0 Å². The lowest BCUT2D eigenvalue weighted by Crippen LogP contribution is -2.44. The van der Waals surface area contributed by atoms with Crippen molar-refractivity contribution in [3.63, 3.8) is 0 Å². The number of hydrogen-bond donors (Lipinski definition) is 0. The molecule has 0 aromatic heterocycles. The molecule has 0 fully saturated rings. The van der Waals surface area contributed by atoms with Crippen LogP contribution in [-0.4, -0.2) is 28.9 Å². The van der Waals surface area contributed by atoms with E-state index in [0.29, 0.717) is 45.3 Å². The second-order valence-electron chi connectivity index (χ2n) is 24.6. The average Bonchev–Trinajstić information content (AvgIpc) is 2.09. The highest BCUT2D eigenvalue weighted by Gasteiger charge is 2.41. The molecule has 0 saturated carbocycles. The quantitative estimate of drug-likeness (QED) is 0.0719. The summed E-state index contributed by atoms with van der Waals surface area (Å²) in [5, 5.41) is 10.6. The Morgan fingerprint density at radius 2 is 0.440 bits per heavy atom. The zero-order valence-electron chi connectivity index (χ0n) is 49.1. The summed E-state index contributed by atoms with van der Waals surface area (Å²) in [5.74, 6) is 2.38. The van der Waals surface area contributed by atoms with E-state index in [-0.39, 0.29) is 21.6 Å². The van der Waals surface area contributed by atoms with Gasteiger partial charge in [0, 0.05) is 33.4 Å². The maximum absolute atomic E-state index is 15.0. The summed E-state index contributed by atoms with van der Waals surface area (Å²) in [4.78, 5) is 29.9. The van der Waals surface area contributed by atoms with Gasteiger partial charge < -0.3 is 27.8 Å². The number of carbonyl (C=O) groups is 2. The Hall–Kier alpha value is -9.23. The predicted molar refractivity (Wildman–Crippen MR) is 350 cm³/mol. The van der Waals surface area contributed by atoms with E-state index >= 15 is 0 Å². The van der Waals surface area contributed by atoms with Gasteiger partial charge in [0.1, 0.15) is 34.5 Å². The summed E-state index contributed by atoms with van der Waals surface area (Å²) in [5.41, 5.74) is 4.07. The van der Waals surface area contributed by atoms with E-state index in [1.165, 1.54) is 0 Å². The van der Waals surface area contributed by atoms with Crippen molar-refractivity contribution in [2.24, 2.45) is 0 Å². The number of benzene rings is 12. The fraction of sp³-hybridized carbons (Fsp3) is 0.162. The molecular weight excluding hydrogens is 1070 g/mol. The molecule has 0 unspecified atom stereocenters. The smallest absolute Gasteiger partial charge is 0.519 e. The molecule has 418 valence electrons. The lowest BCUT2D eigenvalue weighted by Gasteiger charge is -2.37. The van der Waals surface area contributed by atoms with Crippen molar-refractivity contribution in [2.75, 3.05) is 0 Å². The van der Waals surface area contributed by atoms with E-state index in [4.69, 9.17) is 27.8 Å². The van der Waals surface area contributed by atoms with Crippen LogP contribution in [0.5, 0.6) is 34.5 Å². The van der Waals surface area contributed by atoms with Gasteiger partial charge in [0.05, 0.1) is 0 Å². The minimum absolute atomic E-state index is 0.103. The first kappa shape index (κ1) is 55.3. The molecule has 84 heavy (non-hydrogen) atoms. The lowest BCUT2D eigenvalue weighted by molar-refractivity contribution is 0.150. The Labute approximate surface area is 492 Å². The normalized spacial score (nSPS) is 12.3. The second kappa shape index (κ2) is 21.5. The molecular formula is C74H66O8Si2. The van der Waals surface area contributed by atoms with Gasteiger partial charge in [0.2, 0.25) is 0 Å². The molecule has 0 radical (unpaired) electrons. The fourth-order valence-corrected chi connectivity index (χ4v) is 12.9. The van der Waals surface area contributed by atoms with Crippen LogP contribution in [0.4, 0.5) is 9.59 Å². The average molecular weight is 1140 g/mol. The first-order valence-electron chi connectivity index (χ1n) is 28.5. The van der Waals surface area contributed by atoms with Crippen LogP contribution in [0.3, 0.4) is 0 Å². The van der Waals surface area contributed by atoms with Crippen LogP contribution in [0.15, 0.2) is 218 Å². The van der Waals surface area contributed by atoms with E-state index in [1.807, 2.05) is 158 Å². The largest absolute Gasteiger partial charge is 0.543 e. The molecule has 0 bridgehead atoms. The van der Waals surface area contributed by atoms with Gasteiger partial charge in [-0.2, -0.15) is 0 Å². The second-order valence-corrected chi connectivity index (χ2v) is 34.0. The molecule has 12 aromatic rings. The monoisotopic (exact) mass is 1140 g/mol.